The Labute approximate surface area is 200 Å². The average Bonchev–Trinajstić information content (AvgIpc) is 2.86. The molecule has 1 aliphatic heterocycles. The van der Waals surface area contributed by atoms with E-state index in [2.05, 4.69) is 27.7 Å². The number of morpholine rings is 1. The lowest BCUT2D eigenvalue weighted by molar-refractivity contribution is 0.0297. The molecule has 6 heteroatoms. The van der Waals surface area contributed by atoms with Crippen molar-refractivity contribution in [2.24, 2.45) is 5.92 Å². The summed E-state index contributed by atoms with van der Waals surface area (Å²) in [5.74, 6) is 2.20. The Morgan fingerprint density at radius 2 is 1.59 bits per heavy atom. The highest BCUT2D eigenvalue weighted by molar-refractivity contribution is 5.99. The molecule has 1 fully saturated rings. The summed E-state index contributed by atoms with van der Waals surface area (Å²) in [4.78, 5) is 15.1. The molecule has 0 saturated carbocycles. The number of nitrogens with one attached hydrogen (secondary N) is 2. The molecule has 2 N–H and O–H groups in total. The van der Waals surface area contributed by atoms with Gasteiger partial charge in [-0.15, -0.1) is 0 Å². The van der Waals surface area contributed by atoms with Gasteiger partial charge in [0, 0.05) is 31.0 Å². The van der Waals surface area contributed by atoms with E-state index >= 15 is 0 Å². The number of urea groups is 1. The molecule has 0 bridgehead atoms. The molecule has 5 rings (SSSR count). The molecule has 6 nitrogen and oxygen atoms in total. The second-order valence-corrected chi connectivity index (χ2v) is 9.02. The maximum atomic E-state index is 12.5. The molecular formula is C28H31N3O3. The summed E-state index contributed by atoms with van der Waals surface area (Å²) in [6.07, 6.45) is 3.36. The number of nitrogens with zero attached hydrogens (tertiary/aromatic N) is 1. The number of amides is 2. The summed E-state index contributed by atoms with van der Waals surface area (Å²) in [5.41, 5.74) is 4.29. The van der Waals surface area contributed by atoms with Gasteiger partial charge in [0.1, 0.15) is 11.5 Å². The third kappa shape index (κ3) is 5.95. The molecule has 1 atom stereocenters. The van der Waals surface area contributed by atoms with Crippen molar-refractivity contribution in [3.05, 3.63) is 83.9 Å². The number of hydrogen-bond acceptors (Lipinski definition) is 4. The highest BCUT2D eigenvalue weighted by atomic mass is 16.5. The van der Waals surface area contributed by atoms with E-state index in [0.717, 1.165) is 62.9 Å². The van der Waals surface area contributed by atoms with Crippen LogP contribution in [0.5, 0.6) is 11.5 Å². The number of para-hydroxylation sites is 1. The largest absolute Gasteiger partial charge is 0.457 e. The maximum absolute atomic E-state index is 12.5. The van der Waals surface area contributed by atoms with Crippen LogP contribution in [0.4, 0.5) is 16.2 Å². The van der Waals surface area contributed by atoms with Gasteiger partial charge in [0.05, 0.1) is 13.2 Å². The second-order valence-electron chi connectivity index (χ2n) is 9.02. The maximum Gasteiger partial charge on any atom is 0.323 e. The number of carbonyl (C=O) groups is 1. The number of hydrogen-bond donors (Lipinski definition) is 2. The molecule has 0 aromatic heterocycles. The Kier molecular flexibility index (Phi) is 7.08. The SMILES string of the molecule is O=C(Nc1ccc(Oc2ccccc2)cc1)Nc1ccc2c(c1)CCC(CN1CCOCC1)C2. The summed E-state index contributed by atoms with van der Waals surface area (Å²) < 4.78 is 11.3. The minimum atomic E-state index is -0.252. The average molecular weight is 458 g/mol. The molecule has 1 saturated heterocycles. The van der Waals surface area contributed by atoms with Gasteiger partial charge in [0.2, 0.25) is 0 Å². The molecule has 2 amide bonds. The van der Waals surface area contributed by atoms with E-state index in [1.54, 1.807) is 0 Å². The van der Waals surface area contributed by atoms with Crippen molar-refractivity contribution in [2.75, 3.05) is 43.5 Å². The Bertz CT molecular complexity index is 1100. The number of aryl methyl sites for hydroxylation is 1. The van der Waals surface area contributed by atoms with Crippen LogP contribution < -0.4 is 15.4 Å². The van der Waals surface area contributed by atoms with Gasteiger partial charge in [-0.2, -0.15) is 0 Å². The number of benzene rings is 3. The van der Waals surface area contributed by atoms with Crippen LogP contribution in [0.1, 0.15) is 17.5 Å². The Morgan fingerprint density at radius 1 is 0.882 bits per heavy atom. The van der Waals surface area contributed by atoms with Crippen LogP contribution in [0.3, 0.4) is 0 Å². The summed E-state index contributed by atoms with van der Waals surface area (Å²) in [5, 5.41) is 5.86. The monoisotopic (exact) mass is 457 g/mol. The Morgan fingerprint density at radius 3 is 2.38 bits per heavy atom. The molecule has 0 spiro atoms. The van der Waals surface area contributed by atoms with Crippen molar-refractivity contribution in [1.29, 1.82) is 0 Å². The van der Waals surface area contributed by atoms with Gasteiger partial charge in [-0.3, -0.25) is 4.90 Å². The number of rotatable bonds is 6. The fourth-order valence-corrected chi connectivity index (χ4v) is 4.74. The minimum Gasteiger partial charge on any atom is -0.457 e. The van der Waals surface area contributed by atoms with Gasteiger partial charge in [-0.05, 0) is 84.8 Å². The smallest absolute Gasteiger partial charge is 0.323 e. The van der Waals surface area contributed by atoms with E-state index in [1.165, 1.54) is 17.5 Å². The highest BCUT2D eigenvalue weighted by Gasteiger charge is 2.22. The second kappa shape index (κ2) is 10.7. The number of ether oxygens (including phenoxy) is 2. The van der Waals surface area contributed by atoms with E-state index < -0.39 is 0 Å². The van der Waals surface area contributed by atoms with Crippen LogP contribution in [0.2, 0.25) is 0 Å². The van der Waals surface area contributed by atoms with Crippen LogP contribution in [-0.4, -0.2) is 43.8 Å². The predicted molar refractivity (Wildman–Crippen MR) is 135 cm³/mol. The van der Waals surface area contributed by atoms with Crippen molar-refractivity contribution < 1.29 is 14.3 Å². The lowest BCUT2D eigenvalue weighted by Gasteiger charge is -2.33. The molecular weight excluding hydrogens is 426 g/mol. The number of carbonyl (C=O) groups excluding carboxylic acids is 1. The first-order chi connectivity index (χ1) is 16.7. The minimum absolute atomic E-state index is 0.252. The van der Waals surface area contributed by atoms with E-state index in [1.807, 2.05) is 60.7 Å². The Hall–Kier alpha value is -3.35. The first-order valence-corrected chi connectivity index (χ1v) is 12.0. The topological polar surface area (TPSA) is 62.8 Å². The van der Waals surface area contributed by atoms with E-state index in [4.69, 9.17) is 9.47 Å². The van der Waals surface area contributed by atoms with Crippen molar-refractivity contribution in [2.45, 2.75) is 19.3 Å². The van der Waals surface area contributed by atoms with E-state index in [-0.39, 0.29) is 6.03 Å². The van der Waals surface area contributed by atoms with Gasteiger partial charge in [0.15, 0.2) is 0 Å². The molecule has 3 aromatic rings. The fraction of sp³-hybridized carbons (Fsp3) is 0.321. The van der Waals surface area contributed by atoms with Crippen molar-refractivity contribution in [1.82, 2.24) is 4.90 Å². The zero-order valence-corrected chi connectivity index (χ0v) is 19.3. The van der Waals surface area contributed by atoms with Crippen LogP contribution in [0.25, 0.3) is 0 Å². The highest BCUT2D eigenvalue weighted by Crippen LogP contribution is 2.29. The Balaban J connectivity index is 1.13. The normalized spacial score (nSPS) is 18.1. The molecule has 3 aromatic carbocycles. The van der Waals surface area contributed by atoms with Crippen molar-refractivity contribution in [3.8, 4) is 11.5 Å². The molecule has 1 unspecified atom stereocenters. The van der Waals surface area contributed by atoms with Crippen LogP contribution in [0, 0.1) is 5.92 Å². The van der Waals surface area contributed by atoms with Crippen LogP contribution in [0.15, 0.2) is 72.8 Å². The summed E-state index contributed by atoms with van der Waals surface area (Å²) in [6, 6.07) is 23.0. The summed E-state index contributed by atoms with van der Waals surface area (Å²) in [7, 11) is 0. The summed E-state index contributed by atoms with van der Waals surface area (Å²) >= 11 is 0. The fourth-order valence-electron chi connectivity index (χ4n) is 4.74. The van der Waals surface area contributed by atoms with Gasteiger partial charge in [0.25, 0.3) is 0 Å². The first kappa shape index (κ1) is 22.4. The van der Waals surface area contributed by atoms with Crippen molar-refractivity contribution in [3.63, 3.8) is 0 Å². The summed E-state index contributed by atoms with van der Waals surface area (Å²) in [6.45, 7) is 4.95. The van der Waals surface area contributed by atoms with Crippen LogP contribution in [-0.2, 0) is 17.6 Å². The van der Waals surface area contributed by atoms with Gasteiger partial charge in [-0.1, -0.05) is 24.3 Å². The molecule has 1 aliphatic carbocycles. The third-order valence-electron chi connectivity index (χ3n) is 6.51. The van der Waals surface area contributed by atoms with Gasteiger partial charge in [-0.25, -0.2) is 4.79 Å². The molecule has 34 heavy (non-hydrogen) atoms. The number of fused-ring (bicyclic) bond motifs is 1. The first-order valence-electron chi connectivity index (χ1n) is 12.0. The zero-order chi connectivity index (χ0) is 23.2. The predicted octanol–water partition coefficient (Wildman–Crippen LogP) is 5.56. The molecule has 0 radical (unpaired) electrons. The molecule has 176 valence electrons. The van der Waals surface area contributed by atoms with E-state index in [0.29, 0.717) is 11.6 Å². The van der Waals surface area contributed by atoms with Gasteiger partial charge >= 0.3 is 6.03 Å². The number of anilines is 2. The molecule has 2 aliphatic rings. The standard InChI is InChI=1S/C28H31N3O3/c32-28(29-24-10-12-27(13-11-24)34-26-4-2-1-3-5-26)30-25-9-8-22-18-21(6-7-23(22)19-25)20-31-14-16-33-17-15-31/h1-5,8-13,19,21H,6-7,14-18,20H2,(H2,29,30,32). The lowest BCUT2D eigenvalue weighted by atomic mass is 9.83. The zero-order valence-electron chi connectivity index (χ0n) is 19.3. The van der Waals surface area contributed by atoms with Crippen LogP contribution >= 0.6 is 0 Å². The van der Waals surface area contributed by atoms with Gasteiger partial charge < -0.3 is 20.1 Å². The lowest BCUT2D eigenvalue weighted by Crippen LogP contribution is -2.40. The van der Waals surface area contributed by atoms with E-state index in [9.17, 15) is 4.79 Å². The van der Waals surface area contributed by atoms with Crippen molar-refractivity contribution >= 4 is 17.4 Å². The third-order valence-corrected chi connectivity index (χ3v) is 6.51. The quantitative estimate of drug-likeness (QED) is 0.509. The molecule has 1 heterocycles.